The highest BCUT2D eigenvalue weighted by atomic mass is 16.6. The van der Waals surface area contributed by atoms with Crippen LogP contribution in [-0.2, 0) is 4.74 Å². The highest BCUT2D eigenvalue weighted by molar-refractivity contribution is 5.64. The van der Waals surface area contributed by atoms with E-state index in [0.29, 0.717) is 12.3 Å². The van der Waals surface area contributed by atoms with E-state index in [9.17, 15) is 15.2 Å². The van der Waals surface area contributed by atoms with Crippen LogP contribution in [0.3, 0.4) is 0 Å². The van der Waals surface area contributed by atoms with Crippen molar-refractivity contribution < 1.29 is 14.8 Å². The fourth-order valence-corrected chi connectivity index (χ4v) is 1.43. The van der Waals surface area contributed by atoms with Crippen LogP contribution in [0.4, 0.5) is 11.4 Å². The summed E-state index contributed by atoms with van der Waals surface area (Å²) in [5.41, 5.74) is 0.269. The molecule has 17 heavy (non-hydrogen) atoms. The second-order valence-electron chi connectivity index (χ2n) is 3.79. The van der Waals surface area contributed by atoms with Crippen LogP contribution in [0.2, 0.25) is 0 Å². The van der Waals surface area contributed by atoms with E-state index in [1.807, 2.05) is 6.92 Å². The van der Waals surface area contributed by atoms with Gasteiger partial charge in [0.1, 0.15) is 11.4 Å². The molecule has 0 saturated carbocycles. The number of nitro groups is 1. The molecule has 2 N–H and O–H groups in total. The van der Waals surface area contributed by atoms with Gasteiger partial charge in [-0.25, -0.2) is 0 Å². The standard InChI is InChI=1S/C11H16N2O4/c1-8(5-6-17-2)12-10-4-3-9(14)7-11(10)13(15)16/h3-4,7-8,12,14H,5-6H2,1-2H3. The first kappa shape index (κ1) is 13.2. The van der Waals surface area contributed by atoms with Crippen molar-refractivity contribution in [3.05, 3.63) is 28.3 Å². The molecule has 0 spiro atoms. The first-order valence-electron chi connectivity index (χ1n) is 5.27. The molecule has 1 rings (SSSR count). The van der Waals surface area contributed by atoms with Gasteiger partial charge in [-0.05, 0) is 25.5 Å². The predicted octanol–water partition coefficient (Wildman–Crippen LogP) is 2.14. The van der Waals surface area contributed by atoms with Crippen LogP contribution in [0.25, 0.3) is 0 Å². The number of anilines is 1. The number of aromatic hydroxyl groups is 1. The van der Waals surface area contributed by atoms with Gasteiger partial charge in [-0.2, -0.15) is 0 Å². The maximum atomic E-state index is 10.8. The van der Waals surface area contributed by atoms with E-state index in [1.165, 1.54) is 12.1 Å². The molecule has 0 aromatic heterocycles. The molecule has 0 aliphatic heterocycles. The molecule has 1 aromatic rings. The molecule has 0 saturated heterocycles. The lowest BCUT2D eigenvalue weighted by molar-refractivity contribution is -0.384. The second kappa shape index (κ2) is 6.05. The molecule has 0 radical (unpaired) electrons. The summed E-state index contributed by atoms with van der Waals surface area (Å²) in [4.78, 5) is 10.3. The quantitative estimate of drug-likeness (QED) is 0.452. The van der Waals surface area contributed by atoms with Crippen LogP contribution in [0.15, 0.2) is 18.2 Å². The number of hydrogen-bond acceptors (Lipinski definition) is 5. The Bertz CT molecular complexity index is 395. The Balaban J connectivity index is 2.79. The zero-order valence-corrected chi connectivity index (χ0v) is 9.84. The van der Waals surface area contributed by atoms with Crippen LogP contribution < -0.4 is 5.32 Å². The Morgan fingerprint density at radius 2 is 2.29 bits per heavy atom. The minimum absolute atomic E-state index is 0.0539. The maximum absolute atomic E-state index is 10.8. The Morgan fingerprint density at radius 1 is 1.59 bits per heavy atom. The number of hydrogen-bond donors (Lipinski definition) is 2. The van der Waals surface area contributed by atoms with Crippen molar-refractivity contribution in [2.75, 3.05) is 19.0 Å². The molecule has 6 heteroatoms. The molecule has 0 aliphatic rings. The van der Waals surface area contributed by atoms with E-state index in [1.54, 1.807) is 7.11 Å². The lowest BCUT2D eigenvalue weighted by Gasteiger charge is -2.14. The van der Waals surface area contributed by atoms with Crippen molar-refractivity contribution in [3.8, 4) is 5.75 Å². The molecule has 6 nitrogen and oxygen atoms in total. The molecule has 0 fully saturated rings. The Kier molecular flexibility index (Phi) is 4.71. The van der Waals surface area contributed by atoms with Gasteiger partial charge in [0.2, 0.25) is 0 Å². The van der Waals surface area contributed by atoms with E-state index in [0.717, 1.165) is 12.5 Å². The van der Waals surface area contributed by atoms with E-state index < -0.39 is 4.92 Å². The van der Waals surface area contributed by atoms with Crippen molar-refractivity contribution in [1.82, 2.24) is 0 Å². The minimum Gasteiger partial charge on any atom is -0.508 e. The van der Waals surface area contributed by atoms with E-state index in [-0.39, 0.29) is 17.5 Å². The van der Waals surface area contributed by atoms with Crippen molar-refractivity contribution in [3.63, 3.8) is 0 Å². The number of nitro benzene ring substituents is 1. The van der Waals surface area contributed by atoms with Crippen molar-refractivity contribution in [2.45, 2.75) is 19.4 Å². The normalized spacial score (nSPS) is 12.1. The molecular weight excluding hydrogens is 224 g/mol. The number of benzene rings is 1. The van der Waals surface area contributed by atoms with Crippen LogP contribution >= 0.6 is 0 Å². The third-order valence-corrected chi connectivity index (χ3v) is 2.33. The maximum Gasteiger partial charge on any atom is 0.296 e. The summed E-state index contributed by atoms with van der Waals surface area (Å²) in [5.74, 6) is -0.119. The predicted molar refractivity (Wildman–Crippen MR) is 64.3 cm³/mol. The highest BCUT2D eigenvalue weighted by Gasteiger charge is 2.15. The molecule has 1 unspecified atom stereocenters. The molecular formula is C11H16N2O4. The zero-order valence-electron chi connectivity index (χ0n) is 9.84. The molecule has 1 atom stereocenters. The molecule has 0 aliphatic carbocycles. The van der Waals surface area contributed by atoms with E-state index >= 15 is 0 Å². The monoisotopic (exact) mass is 240 g/mol. The topological polar surface area (TPSA) is 84.6 Å². The van der Waals surface area contributed by atoms with Gasteiger partial charge >= 0.3 is 0 Å². The molecule has 0 bridgehead atoms. The van der Waals surface area contributed by atoms with Gasteiger partial charge in [-0.1, -0.05) is 0 Å². The fourth-order valence-electron chi connectivity index (χ4n) is 1.43. The Hall–Kier alpha value is -1.82. The Morgan fingerprint density at radius 3 is 2.88 bits per heavy atom. The number of phenolic OH excluding ortho intramolecular Hbond substituents is 1. The van der Waals surface area contributed by atoms with Gasteiger partial charge in [-0.3, -0.25) is 10.1 Å². The van der Waals surface area contributed by atoms with Crippen LogP contribution in [0, 0.1) is 10.1 Å². The van der Waals surface area contributed by atoms with Gasteiger partial charge in [0, 0.05) is 19.8 Å². The third kappa shape index (κ3) is 3.92. The largest absolute Gasteiger partial charge is 0.508 e. The summed E-state index contributed by atoms with van der Waals surface area (Å²) in [6.07, 6.45) is 0.745. The van der Waals surface area contributed by atoms with Crippen LogP contribution in [-0.4, -0.2) is 29.8 Å². The molecule has 0 heterocycles. The number of nitrogens with zero attached hydrogens (tertiary/aromatic N) is 1. The summed E-state index contributed by atoms with van der Waals surface area (Å²) in [6.45, 7) is 2.50. The SMILES string of the molecule is COCCC(C)Nc1ccc(O)cc1[N+](=O)[O-]. The van der Waals surface area contributed by atoms with E-state index in [4.69, 9.17) is 4.74 Å². The summed E-state index contributed by atoms with van der Waals surface area (Å²) in [7, 11) is 1.61. The summed E-state index contributed by atoms with van der Waals surface area (Å²) >= 11 is 0. The minimum atomic E-state index is -0.523. The van der Waals surface area contributed by atoms with Gasteiger partial charge in [0.25, 0.3) is 5.69 Å². The lowest BCUT2D eigenvalue weighted by Crippen LogP contribution is -2.17. The number of ether oxygens (including phenoxy) is 1. The number of methoxy groups -OCH3 is 1. The number of phenols is 1. The fraction of sp³-hybridized carbons (Fsp3) is 0.455. The highest BCUT2D eigenvalue weighted by Crippen LogP contribution is 2.29. The van der Waals surface area contributed by atoms with Crippen LogP contribution in [0.5, 0.6) is 5.75 Å². The average molecular weight is 240 g/mol. The smallest absolute Gasteiger partial charge is 0.296 e. The van der Waals surface area contributed by atoms with Gasteiger partial charge in [0.05, 0.1) is 11.0 Å². The second-order valence-corrected chi connectivity index (χ2v) is 3.79. The van der Waals surface area contributed by atoms with E-state index in [2.05, 4.69) is 5.32 Å². The van der Waals surface area contributed by atoms with Crippen molar-refractivity contribution in [2.24, 2.45) is 0 Å². The summed E-state index contributed by atoms with van der Waals surface area (Å²) in [6, 6.07) is 4.10. The first-order valence-corrected chi connectivity index (χ1v) is 5.27. The zero-order chi connectivity index (χ0) is 12.8. The molecule has 1 aromatic carbocycles. The first-order chi connectivity index (χ1) is 8.04. The summed E-state index contributed by atoms with van der Waals surface area (Å²) in [5, 5.41) is 23.0. The lowest BCUT2D eigenvalue weighted by atomic mass is 10.2. The number of nitrogens with one attached hydrogen (secondary N) is 1. The average Bonchev–Trinajstić information content (AvgIpc) is 2.28. The molecule has 94 valence electrons. The third-order valence-electron chi connectivity index (χ3n) is 2.33. The summed E-state index contributed by atoms with van der Waals surface area (Å²) < 4.78 is 4.93. The van der Waals surface area contributed by atoms with Gasteiger partial charge < -0.3 is 15.2 Å². The van der Waals surface area contributed by atoms with Gasteiger partial charge in [0.15, 0.2) is 0 Å². The van der Waals surface area contributed by atoms with Gasteiger partial charge in [-0.15, -0.1) is 0 Å². The number of rotatable bonds is 6. The molecule has 0 amide bonds. The van der Waals surface area contributed by atoms with Crippen molar-refractivity contribution >= 4 is 11.4 Å². The van der Waals surface area contributed by atoms with Crippen molar-refractivity contribution in [1.29, 1.82) is 0 Å². The Labute approximate surface area is 99.4 Å². The van der Waals surface area contributed by atoms with Crippen LogP contribution in [0.1, 0.15) is 13.3 Å².